The van der Waals surface area contributed by atoms with E-state index in [4.69, 9.17) is 0 Å². The molecule has 0 unspecified atom stereocenters. The maximum Gasteiger partial charge on any atom is 0.253 e. The minimum Gasteiger partial charge on any atom is -0.396 e. The molecule has 0 radical (unpaired) electrons. The third-order valence-corrected chi connectivity index (χ3v) is 5.06. The molecule has 0 bridgehead atoms. The summed E-state index contributed by atoms with van der Waals surface area (Å²) in [5, 5.41) is 9.64. The maximum absolute atomic E-state index is 13.5. The smallest absolute Gasteiger partial charge is 0.253 e. The van der Waals surface area contributed by atoms with Crippen LogP contribution in [0.4, 0.5) is 4.39 Å². The molecule has 27 heavy (non-hydrogen) atoms. The molecule has 1 aliphatic heterocycles. The molecule has 0 aliphatic carbocycles. The minimum atomic E-state index is -0.294. The summed E-state index contributed by atoms with van der Waals surface area (Å²) < 4.78 is 13.5. The highest BCUT2D eigenvalue weighted by Gasteiger charge is 2.30. The Balaban J connectivity index is 1.81. The minimum absolute atomic E-state index is 0.0323. The number of piperidine rings is 1. The molecular formula is C22H27FN2O2. The fourth-order valence-electron chi connectivity index (χ4n) is 3.95. The van der Waals surface area contributed by atoms with Gasteiger partial charge in [0.1, 0.15) is 5.82 Å². The molecule has 3 rings (SSSR count). The summed E-state index contributed by atoms with van der Waals surface area (Å²) in [4.78, 5) is 17.1. The Morgan fingerprint density at radius 1 is 1.11 bits per heavy atom. The predicted octanol–water partition coefficient (Wildman–Crippen LogP) is 3.12. The second kappa shape index (κ2) is 8.63. The largest absolute Gasteiger partial charge is 0.396 e. The first-order valence-corrected chi connectivity index (χ1v) is 9.37. The average Bonchev–Trinajstić information content (AvgIpc) is 2.66. The van der Waals surface area contributed by atoms with Gasteiger partial charge in [0.05, 0.1) is 0 Å². The van der Waals surface area contributed by atoms with Crippen molar-refractivity contribution in [2.24, 2.45) is 11.8 Å². The van der Waals surface area contributed by atoms with Crippen molar-refractivity contribution in [3.8, 4) is 11.1 Å². The number of carbonyl (C=O) groups excluding carboxylic acids is 1. The highest BCUT2D eigenvalue weighted by molar-refractivity contribution is 5.95. The van der Waals surface area contributed by atoms with Crippen molar-refractivity contribution >= 4 is 5.91 Å². The van der Waals surface area contributed by atoms with Gasteiger partial charge in [-0.3, -0.25) is 4.79 Å². The third-order valence-electron chi connectivity index (χ3n) is 5.06. The van der Waals surface area contributed by atoms with E-state index in [1.807, 2.05) is 43.3 Å². The summed E-state index contributed by atoms with van der Waals surface area (Å²) >= 11 is 0. The van der Waals surface area contributed by atoms with Gasteiger partial charge in [-0.25, -0.2) is 4.39 Å². The summed E-state index contributed by atoms with van der Waals surface area (Å²) in [6, 6.07) is 13.7. The van der Waals surface area contributed by atoms with Gasteiger partial charge in [-0.15, -0.1) is 0 Å². The van der Waals surface area contributed by atoms with E-state index in [1.165, 1.54) is 12.1 Å². The van der Waals surface area contributed by atoms with E-state index >= 15 is 0 Å². The number of aliphatic hydroxyl groups excluding tert-OH is 1. The van der Waals surface area contributed by atoms with E-state index in [0.29, 0.717) is 24.6 Å². The number of amides is 1. The Morgan fingerprint density at radius 2 is 1.78 bits per heavy atom. The normalized spacial score (nSPS) is 20.1. The van der Waals surface area contributed by atoms with Crippen LogP contribution in [0.25, 0.3) is 11.1 Å². The van der Waals surface area contributed by atoms with Crippen LogP contribution < -0.4 is 0 Å². The molecule has 1 heterocycles. The lowest BCUT2D eigenvalue weighted by Crippen LogP contribution is -2.47. The molecular weight excluding hydrogens is 343 g/mol. The maximum atomic E-state index is 13.5. The molecule has 4 nitrogen and oxygen atoms in total. The molecule has 0 spiro atoms. The van der Waals surface area contributed by atoms with Crippen LogP contribution in [0.5, 0.6) is 0 Å². The zero-order chi connectivity index (χ0) is 19.4. The monoisotopic (exact) mass is 370 g/mol. The number of likely N-dealkylation sites (tertiary alicyclic amines) is 1. The van der Waals surface area contributed by atoms with Crippen molar-refractivity contribution in [1.29, 1.82) is 0 Å². The van der Waals surface area contributed by atoms with Crippen LogP contribution in [0.3, 0.4) is 0 Å². The first-order chi connectivity index (χ1) is 13.0. The number of hydrogen-bond donors (Lipinski definition) is 1. The summed E-state index contributed by atoms with van der Waals surface area (Å²) in [6.07, 6.45) is 0.932. The van der Waals surface area contributed by atoms with Crippen molar-refractivity contribution in [1.82, 2.24) is 9.80 Å². The van der Waals surface area contributed by atoms with Crippen LogP contribution in [-0.4, -0.2) is 61.2 Å². The van der Waals surface area contributed by atoms with E-state index in [2.05, 4.69) is 4.90 Å². The number of nitrogens with zero attached hydrogens (tertiary/aromatic N) is 2. The Morgan fingerprint density at radius 3 is 2.44 bits per heavy atom. The lowest BCUT2D eigenvalue weighted by Gasteiger charge is -2.38. The molecule has 1 aliphatic rings. The SMILES string of the molecule is CN(C)C[C@H]1C[C@H](CO)CN(C(=O)c2cccc(-c3cccc(F)c3)c2)C1. The fraction of sp³-hybridized carbons (Fsp3) is 0.409. The van der Waals surface area contributed by atoms with Crippen molar-refractivity contribution in [3.63, 3.8) is 0 Å². The third kappa shape index (κ3) is 4.93. The van der Waals surface area contributed by atoms with E-state index in [9.17, 15) is 14.3 Å². The van der Waals surface area contributed by atoms with Gasteiger partial charge in [-0.05, 0) is 67.7 Å². The Hall–Kier alpha value is -2.24. The van der Waals surface area contributed by atoms with Gasteiger partial charge in [0, 0.05) is 31.8 Å². The van der Waals surface area contributed by atoms with E-state index in [-0.39, 0.29) is 24.2 Å². The highest BCUT2D eigenvalue weighted by atomic mass is 19.1. The summed E-state index contributed by atoms with van der Waals surface area (Å²) in [5.41, 5.74) is 2.17. The summed E-state index contributed by atoms with van der Waals surface area (Å²) in [6.45, 7) is 2.25. The van der Waals surface area contributed by atoms with Gasteiger partial charge in [-0.1, -0.05) is 24.3 Å². The molecule has 1 N–H and O–H groups in total. The molecule has 0 saturated carbocycles. The molecule has 1 fully saturated rings. The van der Waals surface area contributed by atoms with E-state index < -0.39 is 0 Å². The summed E-state index contributed by atoms with van der Waals surface area (Å²) in [7, 11) is 4.05. The van der Waals surface area contributed by atoms with Gasteiger partial charge in [-0.2, -0.15) is 0 Å². The number of rotatable bonds is 5. The van der Waals surface area contributed by atoms with Crippen LogP contribution in [0.15, 0.2) is 48.5 Å². The van der Waals surface area contributed by atoms with Crippen molar-refractivity contribution in [2.75, 3.05) is 40.3 Å². The van der Waals surface area contributed by atoms with Crippen molar-refractivity contribution < 1.29 is 14.3 Å². The van der Waals surface area contributed by atoms with Crippen LogP contribution >= 0.6 is 0 Å². The van der Waals surface area contributed by atoms with Crippen molar-refractivity contribution in [2.45, 2.75) is 6.42 Å². The predicted molar refractivity (Wildman–Crippen MR) is 105 cm³/mol. The Bertz CT molecular complexity index is 793. The van der Waals surface area contributed by atoms with Gasteiger partial charge >= 0.3 is 0 Å². The molecule has 1 amide bonds. The number of hydrogen-bond acceptors (Lipinski definition) is 3. The zero-order valence-electron chi connectivity index (χ0n) is 15.9. The lowest BCUT2D eigenvalue weighted by atomic mass is 9.89. The van der Waals surface area contributed by atoms with Crippen LogP contribution in [-0.2, 0) is 0 Å². The topological polar surface area (TPSA) is 43.8 Å². The molecule has 2 aromatic rings. The standard InChI is InChI=1S/C22H27FN2O2/c1-24(2)12-16-9-17(15-26)14-25(13-16)22(27)20-7-3-5-18(10-20)19-6-4-8-21(23)11-19/h3-8,10-11,16-17,26H,9,12-15H2,1-2H3/t16-,17+/m1/s1. The first-order valence-electron chi connectivity index (χ1n) is 9.37. The number of aliphatic hydroxyl groups is 1. The van der Waals surface area contributed by atoms with Crippen LogP contribution in [0.2, 0.25) is 0 Å². The average molecular weight is 370 g/mol. The van der Waals surface area contributed by atoms with E-state index in [1.54, 1.807) is 12.1 Å². The fourth-order valence-corrected chi connectivity index (χ4v) is 3.95. The van der Waals surface area contributed by atoms with Gasteiger partial charge in [0.25, 0.3) is 5.91 Å². The second-order valence-electron chi connectivity index (χ2n) is 7.71. The number of halogens is 1. The van der Waals surface area contributed by atoms with Crippen LogP contribution in [0.1, 0.15) is 16.8 Å². The number of benzene rings is 2. The second-order valence-corrected chi connectivity index (χ2v) is 7.71. The molecule has 0 aromatic heterocycles. The quantitative estimate of drug-likeness (QED) is 0.879. The number of carbonyl (C=O) groups is 1. The highest BCUT2D eigenvalue weighted by Crippen LogP contribution is 2.26. The Labute approximate surface area is 160 Å². The summed E-state index contributed by atoms with van der Waals surface area (Å²) in [5.74, 6) is 0.132. The van der Waals surface area contributed by atoms with Crippen LogP contribution in [0, 0.1) is 17.7 Å². The molecule has 1 saturated heterocycles. The Kier molecular flexibility index (Phi) is 6.24. The van der Waals surface area contributed by atoms with E-state index in [0.717, 1.165) is 24.1 Å². The van der Waals surface area contributed by atoms with Crippen molar-refractivity contribution in [3.05, 3.63) is 59.9 Å². The van der Waals surface area contributed by atoms with Gasteiger partial charge < -0.3 is 14.9 Å². The molecule has 144 valence electrons. The lowest BCUT2D eigenvalue weighted by molar-refractivity contribution is 0.0478. The van der Waals surface area contributed by atoms with Gasteiger partial charge in [0.15, 0.2) is 0 Å². The zero-order valence-corrected chi connectivity index (χ0v) is 15.9. The molecule has 2 atom stereocenters. The molecule has 5 heteroatoms. The first kappa shape index (κ1) is 19.5. The molecule has 2 aromatic carbocycles. The van der Waals surface area contributed by atoms with Gasteiger partial charge in [0.2, 0.25) is 0 Å².